The summed E-state index contributed by atoms with van der Waals surface area (Å²) in [5.41, 5.74) is 1.90. The molecular weight excluding hydrogens is 209 g/mol. The fourth-order valence-electron chi connectivity index (χ4n) is 1.61. The van der Waals surface area contributed by atoms with Gasteiger partial charge < -0.3 is 5.11 Å². The SMILES string of the molecule is Cc1ccc(F)cc1C(O)c1cnnn1C. The van der Waals surface area contributed by atoms with Crippen molar-refractivity contribution in [2.24, 2.45) is 7.05 Å². The highest BCUT2D eigenvalue weighted by atomic mass is 19.1. The number of aliphatic hydroxyl groups is 1. The van der Waals surface area contributed by atoms with E-state index in [4.69, 9.17) is 0 Å². The van der Waals surface area contributed by atoms with Crippen LogP contribution >= 0.6 is 0 Å². The van der Waals surface area contributed by atoms with Crippen molar-refractivity contribution in [2.45, 2.75) is 13.0 Å². The van der Waals surface area contributed by atoms with Crippen LogP contribution < -0.4 is 0 Å². The smallest absolute Gasteiger partial charge is 0.123 e. The molecule has 0 saturated heterocycles. The normalized spacial score (nSPS) is 12.8. The van der Waals surface area contributed by atoms with E-state index in [0.29, 0.717) is 11.3 Å². The van der Waals surface area contributed by atoms with E-state index >= 15 is 0 Å². The number of hydrogen-bond acceptors (Lipinski definition) is 3. The maximum atomic E-state index is 13.1. The van der Waals surface area contributed by atoms with Gasteiger partial charge in [0.05, 0.1) is 11.9 Å². The predicted octanol–water partition coefficient (Wildman–Crippen LogP) is 1.34. The van der Waals surface area contributed by atoms with Gasteiger partial charge in [0.1, 0.15) is 11.9 Å². The molecule has 4 nitrogen and oxygen atoms in total. The van der Waals surface area contributed by atoms with E-state index in [1.807, 2.05) is 6.92 Å². The van der Waals surface area contributed by atoms with Crippen LogP contribution in [0.4, 0.5) is 4.39 Å². The Kier molecular flexibility index (Phi) is 2.70. The highest BCUT2D eigenvalue weighted by Gasteiger charge is 2.17. The first-order valence-electron chi connectivity index (χ1n) is 4.88. The standard InChI is InChI=1S/C11H12FN3O/c1-7-3-4-8(12)5-9(7)11(16)10-6-13-14-15(10)2/h3-6,11,16H,1-2H3. The van der Waals surface area contributed by atoms with E-state index in [0.717, 1.165) is 5.56 Å². The van der Waals surface area contributed by atoms with Gasteiger partial charge in [-0.05, 0) is 30.2 Å². The van der Waals surface area contributed by atoms with Crippen LogP contribution in [0.25, 0.3) is 0 Å². The van der Waals surface area contributed by atoms with Gasteiger partial charge in [0, 0.05) is 7.05 Å². The van der Waals surface area contributed by atoms with Crippen molar-refractivity contribution in [1.82, 2.24) is 15.0 Å². The lowest BCUT2D eigenvalue weighted by molar-refractivity contribution is 0.208. The van der Waals surface area contributed by atoms with Crippen LogP contribution in [0.2, 0.25) is 0 Å². The Hall–Kier alpha value is -1.75. The Labute approximate surface area is 92.3 Å². The molecule has 0 bridgehead atoms. The van der Waals surface area contributed by atoms with Crippen molar-refractivity contribution in [1.29, 1.82) is 0 Å². The van der Waals surface area contributed by atoms with Gasteiger partial charge in [-0.15, -0.1) is 5.10 Å². The number of halogens is 1. The molecule has 0 saturated carbocycles. The van der Waals surface area contributed by atoms with Crippen molar-refractivity contribution in [3.05, 3.63) is 47.0 Å². The van der Waals surface area contributed by atoms with E-state index in [1.54, 1.807) is 13.1 Å². The zero-order valence-corrected chi connectivity index (χ0v) is 9.05. The molecule has 0 amide bonds. The molecule has 1 aromatic carbocycles. The summed E-state index contributed by atoms with van der Waals surface area (Å²) < 4.78 is 14.6. The molecule has 5 heteroatoms. The van der Waals surface area contributed by atoms with Crippen molar-refractivity contribution in [2.75, 3.05) is 0 Å². The average molecular weight is 221 g/mol. The Balaban J connectivity index is 2.45. The lowest BCUT2D eigenvalue weighted by Gasteiger charge is -2.13. The zero-order valence-electron chi connectivity index (χ0n) is 9.05. The van der Waals surface area contributed by atoms with Crippen LogP contribution in [0.15, 0.2) is 24.4 Å². The van der Waals surface area contributed by atoms with Crippen LogP contribution in [0, 0.1) is 12.7 Å². The van der Waals surface area contributed by atoms with E-state index < -0.39 is 6.10 Å². The summed E-state index contributed by atoms with van der Waals surface area (Å²) in [6, 6.07) is 4.33. The minimum atomic E-state index is -0.907. The minimum absolute atomic E-state index is 0.366. The summed E-state index contributed by atoms with van der Waals surface area (Å²) in [7, 11) is 1.68. The van der Waals surface area contributed by atoms with Gasteiger partial charge >= 0.3 is 0 Å². The summed E-state index contributed by atoms with van der Waals surface area (Å²) in [5, 5.41) is 17.5. The second-order valence-corrected chi connectivity index (χ2v) is 3.69. The van der Waals surface area contributed by atoms with Crippen molar-refractivity contribution < 1.29 is 9.50 Å². The topological polar surface area (TPSA) is 50.9 Å². The van der Waals surface area contributed by atoms with E-state index in [2.05, 4.69) is 10.3 Å². The molecular formula is C11H12FN3O. The van der Waals surface area contributed by atoms with Crippen molar-refractivity contribution in [3.8, 4) is 0 Å². The van der Waals surface area contributed by atoms with Crippen LogP contribution in [0.5, 0.6) is 0 Å². The molecule has 0 fully saturated rings. The van der Waals surface area contributed by atoms with Gasteiger partial charge in [0.25, 0.3) is 0 Å². The molecule has 1 N–H and O–H groups in total. The Bertz CT molecular complexity index is 510. The molecule has 0 radical (unpaired) electrons. The molecule has 1 heterocycles. The fourth-order valence-corrected chi connectivity index (χ4v) is 1.61. The van der Waals surface area contributed by atoms with Crippen molar-refractivity contribution >= 4 is 0 Å². The van der Waals surface area contributed by atoms with Crippen molar-refractivity contribution in [3.63, 3.8) is 0 Å². The molecule has 0 aliphatic heterocycles. The molecule has 2 rings (SSSR count). The molecule has 1 unspecified atom stereocenters. The molecule has 16 heavy (non-hydrogen) atoms. The molecule has 0 aliphatic carbocycles. The first kappa shape index (κ1) is 10.8. The summed E-state index contributed by atoms with van der Waals surface area (Å²) in [4.78, 5) is 0. The van der Waals surface area contributed by atoms with Gasteiger partial charge in [0.2, 0.25) is 0 Å². The summed E-state index contributed by atoms with van der Waals surface area (Å²) in [6.45, 7) is 1.82. The number of aromatic nitrogens is 3. The molecule has 1 atom stereocenters. The fraction of sp³-hybridized carbons (Fsp3) is 0.273. The van der Waals surface area contributed by atoms with Crippen LogP contribution in [0.3, 0.4) is 0 Å². The monoisotopic (exact) mass is 221 g/mol. The average Bonchev–Trinajstić information content (AvgIpc) is 2.67. The van der Waals surface area contributed by atoms with Crippen LogP contribution in [-0.2, 0) is 7.05 Å². The first-order valence-corrected chi connectivity index (χ1v) is 4.88. The largest absolute Gasteiger partial charge is 0.382 e. The maximum absolute atomic E-state index is 13.1. The molecule has 1 aromatic heterocycles. The highest BCUT2D eigenvalue weighted by molar-refractivity contribution is 5.32. The minimum Gasteiger partial charge on any atom is -0.382 e. The number of nitrogens with zero attached hydrogens (tertiary/aromatic N) is 3. The number of aryl methyl sites for hydroxylation is 2. The number of hydrogen-bond donors (Lipinski definition) is 1. The first-order chi connectivity index (χ1) is 7.59. The van der Waals surface area contributed by atoms with Gasteiger partial charge in [-0.3, -0.25) is 0 Å². The van der Waals surface area contributed by atoms with Gasteiger partial charge in [-0.2, -0.15) is 0 Å². The number of rotatable bonds is 2. The lowest BCUT2D eigenvalue weighted by atomic mass is 10.0. The Morgan fingerprint density at radius 1 is 1.44 bits per heavy atom. The summed E-state index contributed by atoms with van der Waals surface area (Å²) in [5.74, 6) is -0.366. The lowest BCUT2D eigenvalue weighted by Crippen LogP contribution is -2.08. The van der Waals surface area contributed by atoms with Gasteiger partial charge in [0.15, 0.2) is 0 Å². The third kappa shape index (κ3) is 1.81. The number of aliphatic hydroxyl groups excluding tert-OH is 1. The zero-order chi connectivity index (χ0) is 11.7. The van der Waals surface area contributed by atoms with Gasteiger partial charge in [-0.1, -0.05) is 11.3 Å². The Morgan fingerprint density at radius 2 is 2.19 bits per heavy atom. The molecule has 2 aromatic rings. The quantitative estimate of drug-likeness (QED) is 0.832. The second-order valence-electron chi connectivity index (χ2n) is 3.69. The second kappa shape index (κ2) is 4.02. The van der Waals surface area contributed by atoms with E-state index in [9.17, 15) is 9.50 Å². The highest BCUT2D eigenvalue weighted by Crippen LogP contribution is 2.24. The van der Waals surface area contributed by atoms with Crippen LogP contribution in [0.1, 0.15) is 22.9 Å². The third-order valence-corrected chi connectivity index (χ3v) is 2.57. The maximum Gasteiger partial charge on any atom is 0.123 e. The molecule has 0 spiro atoms. The van der Waals surface area contributed by atoms with E-state index in [1.165, 1.54) is 23.0 Å². The molecule has 0 aliphatic rings. The van der Waals surface area contributed by atoms with Crippen LogP contribution in [-0.4, -0.2) is 20.1 Å². The third-order valence-electron chi connectivity index (χ3n) is 2.57. The van der Waals surface area contributed by atoms with E-state index in [-0.39, 0.29) is 5.82 Å². The molecule has 84 valence electrons. The predicted molar refractivity (Wildman–Crippen MR) is 56.2 cm³/mol. The Morgan fingerprint density at radius 3 is 2.81 bits per heavy atom. The summed E-state index contributed by atoms with van der Waals surface area (Å²) in [6.07, 6.45) is 0.561. The number of benzene rings is 1. The van der Waals surface area contributed by atoms with Gasteiger partial charge in [-0.25, -0.2) is 9.07 Å². The summed E-state index contributed by atoms with van der Waals surface area (Å²) >= 11 is 0.